The Balaban J connectivity index is 2.08. The molecule has 6 nitrogen and oxygen atoms in total. The van der Waals surface area contributed by atoms with Gasteiger partial charge in [0.25, 0.3) is 0 Å². The highest BCUT2D eigenvalue weighted by Gasteiger charge is 2.05. The van der Waals surface area contributed by atoms with E-state index in [-0.39, 0.29) is 5.97 Å². The van der Waals surface area contributed by atoms with Crippen LogP contribution in [0, 0.1) is 0 Å². The molecule has 2 N–H and O–H groups in total. The fourth-order valence-electron chi connectivity index (χ4n) is 1.54. The average molecular weight is 246 g/mol. The number of carbonyl (C=O) groups excluding carboxylic acids is 1. The molecule has 0 aromatic carbocycles. The van der Waals surface area contributed by atoms with Crippen LogP contribution >= 0.6 is 0 Å². The number of aromatic nitrogens is 3. The van der Waals surface area contributed by atoms with Crippen LogP contribution in [0.4, 0.5) is 0 Å². The molecule has 0 spiro atoms. The minimum Gasteiger partial charge on any atom is -0.465 e. The number of hydrogen-bond donors (Lipinski definition) is 1. The second kappa shape index (κ2) is 5.42. The summed E-state index contributed by atoms with van der Waals surface area (Å²) in [6.45, 7) is 1.01. The predicted molar refractivity (Wildman–Crippen MR) is 64.8 cm³/mol. The van der Waals surface area contributed by atoms with E-state index in [0.29, 0.717) is 18.7 Å². The average Bonchev–Trinajstić information content (AvgIpc) is 2.86. The fourth-order valence-corrected chi connectivity index (χ4v) is 1.54. The van der Waals surface area contributed by atoms with E-state index in [1.165, 1.54) is 13.3 Å². The number of hydrogen-bond acceptors (Lipinski definition) is 5. The van der Waals surface area contributed by atoms with Crippen molar-refractivity contribution in [1.82, 2.24) is 14.5 Å². The third kappa shape index (κ3) is 2.72. The molecule has 0 atom stereocenters. The summed E-state index contributed by atoms with van der Waals surface area (Å²) in [7, 11) is 1.34. The van der Waals surface area contributed by atoms with Gasteiger partial charge in [0.15, 0.2) is 0 Å². The summed E-state index contributed by atoms with van der Waals surface area (Å²) in [5, 5.41) is 0. The van der Waals surface area contributed by atoms with Crippen molar-refractivity contribution in [3.05, 3.63) is 47.8 Å². The van der Waals surface area contributed by atoms with Gasteiger partial charge in [-0.3, -0.25) is 4.98 Å². The summed E-state index contributed by atoms with van der Waals surface area (Å²) < 4.78 is 6.50. The maximum absolute atomic E-state index is 11.2. The van der Waals surface area contributed by atoms with Crippen molar-refractivity contribution in [2.75, 3.05) is 7.11 Å². The minimum absolute atomic E-state index is 0.387. The second-order valence-electron chi connectivity index (χ2n) is 3.77. The molecule has 2 aromatic heterocycles. The summed E-state index contributed by atoms with van der Waals surface area (Å²) in [6, 6.07) is 3.48. The number of methoxy groups -OCH3 is 1. The molecule has 0 radical (unpaired) electrons. The van der Waals surface area contributed by atoms with Crippen LogP contribution in [0.2, 0.25) is 0 Å². The molecule has 0 fully saturated rings. The van der Waals surface area contributed by atoms with Crippen LogP contribution in [-0.2, 0) is 17.8 Å². The number of nitrogens with zero attached hydrogens (tertiary/aromatic N) is 3. The van der Waals surface area contributed by atoms with E-state index in [0.717, 1.165) is 11.4 Å². The maximum Gasteiger partial charge on any atom is 0.339 e. The lowest BCUT2D eigenvalue weighted by molar-refractivity contribution is 0.0600. The maximum atomic E-state index is 11.2. The molecular formula is C12H14N4O2. The van der Waals surface area contributed by atoms with Gasteiger partial charge in [-0.15, -0.1) is 0 Å². The summed E-state index contributed by atoms with van der Waals surface area (Å²) in [6.07, 6.45) is 5.08. The molecule has 18 heavy (non-hydrogen) atoms. The first-order valence-corrected chi connectivity index (χ1v) is 5.47. The quantitative estimate of drug-likeness (QED) is 0.797. The van der Waals surface area contributed by atoms with Crippen LogP contribution in [0.5, 0.6) is 0 Å². The van der Waals surface area contributed by atoms with Gasteiger partial charge in [0.05, 0.1) is 36.9 Å². The third-order valence-corrected chi connectivity index (χ3v) is 2.49. The molecular weight excluding hydrogens is 232 g/mol. The summed E-state index contributed by atoms with van der Waals surface area (Å²) >= 11 is 0. The van der Waals surface area contributed by atoms with Crippen LogP contribution < -0.4 is 5.73 Å². The number of imidazole rings is 1. The number of rotatable bonds is 4. The standard InChI is InChI=1S/C12H14N4O2/c1-18-12(17)9-2-3-10(14-5-9)6-16-7-11(4-13)15-8-16/h2-3,5,7-8H,4,6,13H2,1H3. The van der Waals surface area contributed by atoms with E-state index in [9.17, 15) is 4.79 Å². The van der Waals surface area contributed by atoms with Crippen molar-refractivity contribution in [3.63, 3.8) is 0 Å². The van der Waals surface area contributed by atoms with E-state index in [4.69, 9.17) is 5.73 Å². The minimum atomic E-state index is -0.387. The summed E-state index contributed by atoms with van der Waals surface area (Å²) in [4.78, 5) is 19.6. The highest BCUT2D eigenvalue weighted by Crippen LogP contribution is 2.05. The Morgan fingerprint density at radius 1 is 1.39 bits per heavy atom. The van der Waals surface area contributed by atoms with E-state index < -0.39 is 0 Å². The number of pyridine rings is 1. The molecule has 0 saturated heterocycles. The van der Waals surface area contributed by atoms with Gasteiger partial charge in [0.1, 0.15) is 0 Å². The fraction of sp³-hybridized carbons (Fsp3) is 0.250. The molecule has 0 unspecified atom stereocenters. The Morgan fingerprint density at radius 3 is 2.78 bits per heavy atom. The SMILES string of the molecule is COC(=O)c1ccc(Cn2cnc(CN)c2)nc1. The first-order valence-electron chi connectivity index (χ1n) is 5.47. The molecule has 6 heteroatoms. The van der Waals surface area contributed by atoms with Gasteiger partial charge >= 0.3 is 5.97 Å². The van der Waals surface area contributed by atoms with Gasteiger partial charge in [-0.2, -0.15) is 0 Å². The van der Waals surface area contributed by atoms with E-state index in [2.05, 4.69) is 14.7 Å². The molecule has 2 rings (SSSR count). The van der Waals surface area contributed by atoms with Crippen LogP contribution in [0.1, 0.15) is 21.7 Å². The first-order chi connectivity index (χ1) is 8.72. The monoisotopic (exact) mass is 246 g/mol. The number of nitrogens with two attached hydrogens (primary N) is 1. The van der Waals surface area contributed by atoms with E-state index >= 15 is 0 Å². The first kappa shape index (κ1) is 12.3. The second-order valence-corrected chi connectivity index (χ2v) is 3.77. The topological polar surface area (TPSA) is 83.0 Å². The zero-order chi connectivity index (χ0) is 13.0. The van der Waals surface area contributed by atoms with Gasteiger partial charge in [-0.1, -0.05) is 0 Å². The highest BCUT2D eigenvalue weighted by atomic mass is 16.5. The Morgan fingerprint density at radius 2 is 2.22 bits per heavy atom. The lowest BCUT2D eigenvalue weighted by atomic mass is 10.2. The predicted octanol–water partition coefficient (Wildman–Crippen LogP) is 0.572. The smallest absolute Gasteiger partial charge is 0.339 e. The van der Waals surface area contributed by atoms with Crippen molar-refractivity contribution in [2.45, 2.75) is 13.1 Å². The molecule has 0 aliphatic rings. The van der Waals surface area contributed by atoms with Gasteiger partial charge in [-0.25, -0.2) is 9.78 Å². The van der Waals surface area contributed by atoms with Gasteiger partial charge < -0.3 is 15.0 Å². The highest BCUT2D eigenvalue weighted by molar-refractivity contribution is 5.88. The van der Waals surface area contributed by atoms with E-state index in [1.807, 2.05) is 10.8 Å². The van der Waals surface area contributed by atoms with Crippen molar-refractivity contribution in [2.24, 2.45) is 5.73 Å². The molecule has 0 bridgehead atoms. The molecule has 94 valence electrons. The molecule has 0 aliphatic heterocycles. The van der Waals surface area contributed by atoms with Crippen LogP contribution in [-0.4, -0.2) is 27.6 Å². The molecule has 2 aromatic rings. The Hall–Kier alpha value is -2.21. The molecule has 2 heterocycles. The number of ether oxygens (including phenoxy) is 1. The van der Waals surface area contributed by atoms with Gasteiger partial charge in [0, 0.05) is 18.9 Å². The normalized spacial score (nSPS) is 10.3. The Bertz CT molecular complexity index is 533. The van der Waals surface area contributed by atoms with E-state index in [1.54, 1.807) is 18.5 Å². The molecule has 0 amide bonds. The zero-order valence-corrected chi connectivity index (χ0v) is 10.0. The Labute approximate surface area is 104 Å². The lowest BCUT2D eigenvalue weighted by Gasteiger charge is -2.03. The number of carbonyl (C=O) groups is 1. The van der Waals surface area contributed by atoms with Crippen LogP contribution in [0.25, 0.3) is 0 Å². The molecule has 0 aliphatic carbocycles. The summed E-state index contributed by atoms with van der Waals surface area (Å²) in [5.41, 5.74) is 7.59. The van der Waals surface area contributed by atoms with Crippen molar-refractivity contribution in [3.8, 4) is 0 Å². The zero-order valence-electron chi connectivity index (χ0n) is 10.0. The largest absolute Gasteiger partial charge is 0.465 e. The van der Waals surface area contributed by atoms with Crippen LogP contribution in [0.3, 0.4) is 0 Å². The van der Waals surface area contributed by atoms with Gasteiger partial charge in [-0.05, 0) is 12.1 Å². The summed E-state index contributed by atoms with van der Waals surface area (Å²) in [5.74, 6) is -0.387. The van der Waals surface area contributed by atoms with Crippen LogP contribution in [0.15, 0.2) is 30.9 Å². The third-order valence-electron chi connectivity index (χ3n) is 2.49. The van der Waals surface area contributed by atoms with Gasteiger partial charge in [0.2, 0.25) is 0 Å². The van der Waals surface area contributed by atoms with Crippen molar-refractivity contribution in [1.29, 1.82) is 0 Å². The van der Waals surface area contributed by atoms with Crippen molar-refractivity contribution >= 4 is 5.97 Å². The van der Waals surface area contributed by atoms with Crippen molar-refractivity contribution < 1.29 is 9.53 Å². The lowest BCUT2D eigenvalue weighted by Crippen LogP contribution is -2.04. The number of esters is 1. The molecule has 0 saturated carbocycles. The Kier molecular flexibility index (Phi) is 3.69.